The van der Waals surface area contributed by atoms with E-state index in [4.69, 9.17) is 9.47 Å². The third-order valence-corrected chi connectivity index (χ3v) is 6.82. The summed E-state index contributed by atoms with van der Waals surface area (Å²) in [5.41, 5.74) is 6.60. The Labute approximate surface area is 207 Å². The number of aryl methyl sites for hydroxylation is 2. The van der Waals surface area contributed by atoms with Gasteiger partial charge in [-0.2, -0.15) is 5.10 Å². The molecule has 0 spiro atoms. The lowest BCUT2D eigenvalue weighted by Gasteiger charge is -2.31. The highest BCUT2D eigenvalue weighted by atomic mass is 16.5. The number of carboxylic acids is 1. The van der Waals surface area contributed by atoms with Gasteiger partial charge in [0, 0.05) is 25.9 Å². The van der Waals surface area contributed by atoms with E-state index in [1.54, 1.807) is 7.11 Å². The summed E-state index contributed by atoms with van der Waals surface area (Å²) in [6.07, 6.45) is 6.91. The predicted octanol–water partition coefficient (Wildman–Crippen LogP) is 6.29. The summed E-state index contributed by atoms with van der Waals surface area (Å²) in [6, 6.07) is 12.5. The Hall–Kier alpha value is -3.12. The molecule has 4 rings (SSSR count). The van der Waals surface area contributed by atoms with Crippen molar-refractivity contribution in [3.8, 4) is 16.9 Å². The number of rotatable bonds is 8. The van der Waals surface area contributed by atoms with E-state index >= 15 is 0 Å². The Morgan fingerprint density at radius 2 is 2.03 bits per heavy atom. The highest BCUT2D eigenvalue weighted by molar-refractivity contribution is 5.68. The summed E-state index contributed by atoms with van der Waals surface area (Å²) in [5.74, 6) is 0.0828. The Bertz CT molecular complexity index is 1190. The molecule has 1 heterocycles. The topological polar surface area (TPSA) is 73.6 Å². The van der Waals surface area contributed by atoms with Gasteiger partial charge in [-0.25, -0.2) is 0 Å². The van der Waals surface area contributed by atoms with Crippen molar-refractivity contribution in [3.63, 3.8) is 0 Å². The van der Waals surface area contributed by atoms with E-state index < -0.39 is 5.97 Å². The number of nitrogens with zero attached hydrogens (tertiary/aromatic N) is 2. The molecule has 0 bridgehead atoms. The largest absolute Gasteiger partial charge is 0.489 e. The lowest BCUT2D eigenvalue weighted by molar-refractivity contribution is -0.137. The van der Waals surface area contributed by atoms with Crippen molar-refractivity contribution in [1.29, 1.82) is 0 Å². The van der Waals surface area contributed by atoms with Crippen LogP contribution in [0.15, 0.2) is 48.8 Å². The Balaban J connectivity index is 1.60. The Morgan fingerprint density at radius 1 is 1.23 bits per heavy atom. The maximum absolute atomic E-state index is 11.3. The third-order valence-electron chi connectivity index (χ3n) is 6.82. The van der Waals surface area contributed by atoms with Crippen molar-refractivity contribution >= 4 is 5.97 Å². The van der Waals surface area contributed by atoms with Crippen LogP contribution >= 0.6 is 0 Å². The fourth-order valence-corrected chi connectivity index (χ4v) is 5.24. The number of hydrogen-bond donors (Lipinski definition) is 1. The van der Waals surface area contributed by atoms with Gasteiger partial charge < -0.3 is 14.6 Å². The highest BCUT2D eigenvalue weighted by Gasteiger charge is 2.29. The number of hydrogen-bond acceptors (Lipinski definition) is 4. The van der Waals surface area contributed by atoms with E-state index in [0.717, 1.165) is 52.8 Å². The van der Waals surface area contributed by atoms with Crippen molar-refractivity contribution in [2.45, 2.75) is 65.1 Å². The molecule has 0 saturated carbocycles. The van der Waals surface area contributed by atoms with Gasteiger partial charge in [-0.3, -0.25) is 9.48 Å². The zero-order valence-corrected chi connectivity index (χ0v) is 21.4. The van der Waals surface area contributed by atoms with Crippen LogP contribution in [-0.2, 0) is 29.6 Å². The Kier molecular flexibility index (Phi) is 7.31. The first-order chi connectivity index (χ1) is 16.7. The van der Waals surface area contributed by atoms with Crippen molar-refractivity contribution in [2.75, 3.05) is 7.11 Å². The summed E-state index contributed by atoms with van der Waals surface area (Å²) in [7, 11) is 3.68. The molecule has 2 aromatic carbocycles. The normalized spacial score (nSPS) is 16.5. The number of aliphatic carboxylic acids is 1. The molecule has 0 amide bonds. The van der Waals surface area contributed by atoms with E-state index in [2.05, 4.69) is 50.1 Å². The molecule has 1 aliphatic rings. The van der Waals surface area contributed by atoms with Crippen molar-refractivity contribution in [3.05, 3.63) is 71.0 Å². The summed E-state index contributed by atoms with van der Waals surface area (Å²) >= 11 is 0. The number of fused-ring (bicyclic) bond motifs is 1. The molecule has 0 saturated heterocycles. The first kappa shape index (κ1) is 25.0. The molecular formula is C29H36N2O4. The van der Waals surface area contributed by atoms with Crippen LogP contribution in [-0.4, -0.2) is 28.0 Å². The maximum Gasteiger partial charge on any atom is 0.303 e. The third kappa shape index (κ3) is 5.76. The number of benzene rings is 2. The monoisotopic (exact) mass is 476 g/mol. The van der Waals surface area contributed by atoms with Crippen LogP contribution < -0.4 is 4.74 Å². The van der Waals surface area contributed by atoms with Crippen LogP contribution in [0.25, 0.3) is 11.1 Å². The van der Waals surface area contributed by atoms with E-state index in [9.17, 15) is 9.90 Å². The van der Waals surface area contributed by atoms with Gasteiger partial charge in [-0.1, -0.05) is 39.0 Å². The molecule has 0 radical (unpaired) electrons. The fourth-order valence-electron chi connectivity index (χ4n) is 5.24. The molecule has 2 unspecified atom stereocenters. The zero-order valence-electron chi connectivity index (χ0n) is 21.4. The zero-order chi connectivity index (χ0) is 25.2. The second-order valence-corrected chi connectivity index (χ2v) is 10.6. The number of aromatic nitrogens is 2. The minimum absolute atomic E-state index is 0.0550. The van der Waals surface area contributed by atoms with E-state index in [-0.39, 0.29) is 23.9 Å². The van der Waals surface area contributed by atoms with Gasteiger partial charge in [-0.15, -0.1) is 0 Å². The number of carboxylic acid groups (broad SMARTS) is 1. The first-order valence-corrected chi connectivity index (χ1v) is 12.3. The summed E-state index contributed by atoms with van der Waals surface area (Å²) < 4.78 is 14.0. The molecule has 1 N–H and O–H groups in total. The van der Waals surface area contributed by atoms with Crippen molar-refractivity contribution in [1.82, 2.24) is 9.78 Å². The SMILES string of the molecule is COC(c1cc(COc2ccc3c(c2)C(CC(=O)O)CCC3)ccc1-c1cnn(C)c1)C(C)(C)C. The average Bonchev–Trinajstić information content (AvgIpc) is 3.23. The smallest absolute Gasteiger partial charge is 0.303 e. The second kappa shape index (κ2) is 10.2. The molecule has 1 aliphatic carbocycles. The molecule has 6 nitrogen and oxygen atoms in total. The lowest BCUT2D eigenvalue weighted by atomic mass is 9.81. The molecule has 6 heteroatoms. The second-order valence-electron chi connectivity index (χ2n) is 10.6. The quantitative estimate of drug-likeness (QED) is 0.413. The summed E-state index contributed by atoms with van der Waals surface area (Å²) in [6.45, 7) is 6.96. The van der Waals surface area contributed by atoms with Gasteiger partial charge in [0.15, 0.2) is 0 Å². The van der Waals surface area contributed by atoms with Gasteiger partial charge in [0.2, 0.25) is 0 Å². The summed E-state index contributed by atoms with van der Waals surface area (Å²) in [5, 5.41) is 13.7. The van der Waals surface area contributed by atoms with Crippen molar-refractivity contribution < 1.29 is 19.4 Å². The van der Waals surface area contributed by atoms with Crippen LogP contribution in [0.3, 0.4) is 0 Å². The molecule has 0 fully saturated rings. The van der Waals surface area contributed by atoms with Crippen LogP contribution in [0.1, 0.15) is 74.3 Å². The van der Waals surface area contributed by atoms with Crippen LogP contribution in [0.2, 0.25) is 0 Å². The predicted molar refractivity (Wildman–Crippen MR) is 137 cm³/mol. The molecule has 0 aliphatic heterocycles. The van der Waals surface area contributed by atoms with Gasteiger partial charge >= 0.3 is 5.97 Å². The van der Waals surface area contributed by atoms with E-state index in [1.165, 1.54) is 5.56 Å². The average molecular weight is 477 g/mol. The van der Waals surface area contributed by atoms with Crippen LogP contribution in [0.4, 0.5) is 0 Å². The highest BCUT2D eigenvalue weighted by Crippen LogP contribution is 2.41. The number of methoxy groups -OCH3 is 1. The van der Waals surface area contributed by atoms with Gasteiger partial charge in [-0.05, 0) is 76.6 Å². The maximum atomic E-state index is 11.3. The number of ether oxygens (including phenoxy) is 2. The molecule has 2 atom stereocenters. The fraction of sp³-hybridized carbons (Fsp3) is 0.448. The van der Waals surface area contributed by atoms with Crippen LogP contribution in [0.5, 0.6) is 5.75 Å². The first-order valence-electron chi connectivity index (χ1n) is 12.3. The van der Waals surface area contributed by atoms with E-state index in [0.29, 0.717) is 6.61 Å². The summed E-state index contributed by atoms with van der Waals surface area (Å²) in [4.78, 5) is 11.3. The van der Waals surface area contributed by atoms with Crippen molar-refractivity contribution in [2.24, 2.45) is 12.5 Å². The van der Waals surface area contributed by atoms with Gasteiger partial charge in [0.25, 0.3) is 0 Å². The molecule has 1 aromatic heterocycles. The van der Waals surface area contributed by atoms with Gasteiger partial charge in [0.05, 0.1) is 18.7 Å². The van der Waals surface area contributed by atoms with Crippen LogP contribution in [0, 0.1) is 5.41 Å². The molecule has 3 aromatic rings. The standard InChI is InChI=1S/C29H36N2O4/c1-29(2,3)28(34-5)26-13-19(9-12-24(26)22-16-30-31(4)17-22)18-35-23-11-10-20-7-6-8-21(14-27(32)33)25(20)15-23/h9-13,15-17,21,28H,6-8,14,18H2,1-5H3,(H,32,33). The minimum atomic E-state index is -0.748. The van der Waals surface area contributed by atoms with E-state index in [1.807, 2.05) is 36.3 Å². The molecule has 186 valence electrons. The number of carbonyl (C=O) groups is 1. The molecular weight excluding hydrogens is 440 g/mol. The lowest BCUT2D eigenvalue weighted by Crippen LogP contribution is -2.21. The minimum Gasteiger partial charge on any atom is -0.489 e. The van der Waals surface area contributed by atoms with Gasteiger partial charge in [0.1, 0.15) is 12.4 Å². The Morgan fingerprint density at radius 3 is 2.69 bits per heavy atom. The molecule has 35 heavy (non-hydrogen) atoms.